The normalized spacial score (nSPS) is 11.1. The molecule has 5 aromatic carbocycles. The molecule has 0 saturated heterocycles. The van der Waals surface area contributed by atoms with E-state index in [9.17, 15) is 5.26 Å². The number of hydrogen-bond donors (Lipinski definition) is 0. The minimum absolute atomic E-state index is 0.536. The van der Waals surface area contributed by atoms with Crippen molar-refractivity contribution in [3.63, 3.8) is 0 Å². The van der Waals surface area contributed by atoms with Crippen molar-refractivity contribution in [3.05, 3.63) is 127 Å². The molecule has 4 nitrogen and oxygen atoms in total. The van der Waals surface area contributed by atoms with E-state index in [4.69, 9.17) is 15.0 Å². The lowest BCUT2D eigenvalue weighted by Crippen LogP contribution is -2.00. The van der Waals surface area contributed by atoms with Gasteiger partial charge in [0.2, 0.25) is 0 Å². The maximum absolute atomic E-state index is 9.47. The quantitative estimate of drug-likeness (QED) is 0.235. The van der Waals surface area contributed by atoms with Gasteiger partial charge in [-0.05, 0) is 41.5 Å². The van der Waals surface area contributed by atoms with Crippen molar-refractivity contribution in [2.75, 3.05) is 0 Å². The fourth-order valence-corrected chi connectivity index (χ4v) is 6.08. The first kappa shape index (κ1) is 23.0. The average molecular weight is 517 g/mol. The largest absolute Gasteiger partial charge is 0.208 e. The molecular weight excluding hydrogens is 496 g/mol. The van der Waals surface area contributed by atoms with E-state index in [1.807, 2.05) is 54.6 Å². The molecule has 2 heterocycles. The number of nitrogens with zero attached hydrogens (tertiary/aromatic N) is 4. The fraction of sp³-hybridized carbons (Fsp3) is 0. The van der Waals surface area contributed by atoms with Crippen molar-refractivity contribution >= 4 is 31.5 Å². The van der Waals surface area contributed by atoms with Gasteiger partial charge >= 0.3 is 0 Å². The second-order valence-corrected chi connectivity index (χ2v) is 10.3. The number of hydrogen-bond acceptors (Lipinski definition) is 5. The third kappa shape index (κ3) is 4.23. The predicted molar refractivity (Wildman–Crippen MR) is 159 cm³/mol. The summed E-state index contributed by atoms with van der Waals surface area (Å²) >= 11 is 1.78. The summed E-state index contributed by atoms with van der Waals surface area (Å²) in [6.07, 6.45) is 0. The monoisotopic (exact) mass is 516 g/mol. The standard InChI is InChI=1S/C34H20N4S/c35-21-22-10-9-15-25(18-22)33-36-32(24-13-5-2-6-14-24)37-34(38-33)26-19-28(23-11-3-1-4-12-23)31-27-16-7-8-17-29(27)39-30(31)20-26/h1-20H. The van der Waals surface area contributed by atoms with E-state index in [0.717, 1.165) is 27.8 Å². The molecule has 0 bridgehead atoms. The summed E-state index contributed by atoms with van der Waals surface area (Å²) in [5.74, 6) is 1.72. The number of benzene rings is 5. The summed E-state index contributed by atoms with van der Waals surface area (Å²) in [5.41, 5.74) is 5.47. The van der Waals surface area contributed by atoms with Crippen LogP contribution >= 0.6 is 11.3 Å². The highest BCUT2D eigenvalue weighted by molar-refractivity contribution is 7.26. The Balaban J connectivity index is 1.51. The van der Waals surface area contributed by atoms with Crippen molar-refractivity contribution < 1.29 is 0 Å². The molecule has 7 rings (SSSR count). The number of aromatic nitrogens is 3. The second-order valence-electron chi connectivity index (χ2n) is 9.23. The molecule has 0 spiro atoms. The molecule has 5 heteroatoms. The molecule has 0 aliphatic rings. The molecule has 7 aromatic rings. The van der Waals surface area contributed by atoms with Crippen LogP contribution in [-0.4, -0.2) is 15.0 Å². The lowest BCUT2D eigenvalue weighted by atomic mass is 9.97. The maximum atomic E-state index is 9.47. The van der Waals surface area contributed by atoms with Crippen LogP contribution in [0.1, 0.15) is 5.56 Å². The van der Waals surface area contributed by atoms with Crippen LogP contribution in [0.5, 0.6) is 0 Å². The Hall–Kier alpha value is -5.18. The van der Waals surface area contributed by atoms with Gasteiger partial charge in [0.25, 0.3) is 0 Å². The summed E-state index contributed by atoms with van der Waals surface area (Å²) in [4.78, 5) is 14.7. The molecule has 182 valence electrons. The lowest BCUT2D eigenvalue weighted by Gasteiger charge is -2.11. The first-order valence-electron chi connectivity index (χ1n) is 12.6. The molecule has 0 unspecified atom stereocenters. The molecule has 0 saturated carbocycles. The summed E-state index contributed by atoms with van der Waals surface area (Å²) in [6.45, 7) is 0. The van der Waals surface area contributed by atoms with Gasteiger partial charge in [-0.2, -0.15) is 5.26 Å². The molecule has 0 fully saturated rings. The highest BCUT2D eigenvalue weighted by atomic mass is 32.1. The summed E-state index contributed by atoms with van der Waals surface area (Å²) < 4.78 is 2.43. The maximum Gasteiger partial charge on any atom is 0.164 e. The lowest BCUT2D eigenvalue weighted by molar-refractivity contribution is 1.07. The van der Waals surface area contributed by atoms with Crippen LogP contribution in [0, 0.1) is 11.3 Å². The van der Waals surface area contributed by atoms with Gasteiger partial charge in [-0.1, -0.05) is 91.0 Å². The van der Waals surface area contributed by atoms with Crippen molar-refractivity contribution in [2.24, 2.45) is 0 Å². The molecule has 0 aliphatic carbocycles. The Morgan fingerprint density at radius 2 is 1.13 bits per heavy atom. The van der Waals surface area contributed by atoms with Gasteiger partial charge in [0, 0.05) is 36.9 Å². The molecule has 0 amide bonds. The zero-order valence-electron chi connectivity index (χ0n) is 20.7. The first-order chi connectivity index (χ1) is 19.3. The first-order valence-corrected chi connectivity index (χ1v) is 13.4. The Morgan fingerprint density at radius 1 is 0.513 bits per heavy atom. The van der Waals surface area contributed by atoms with Crippen molar-refractivity contribution in [1.82, 2.24) is 15.0 Å². The smallest absolute Gasteiger partial charge is 0.164 e. The zero-order chi connectivity index (χ0) is 26.2. The van der Waals surface area contributed by atoms with Gasteiger partial charge in [0.05, 0.1) is 11.6 Å². The van der Waals surface area contributed by atoms with Crippen LogP contribution in [0.3, 0.4) is 0 Å². The predicted octanol–water partition coefficient (Wildman–Crippen LogP) is 8.78. The van der Waals surface area contributed by atoms with E-state index in [1.54, 1.807) is 17.4 Å². The molecule has 2 aromatic heterocycles. The molecule has 0 aliphatic heterocycles. The van der Waals surface area contributed by atoms with E-state index < -0.39 is 0 Å². The fourth-order valence-electron chi connectivity index (χ4n) is 4.91. The van der Waals surface area contributed by atoms with Gasteiger partial charge < -0.3 is 0 Å². The Labute approximate surface area is 229 Å². The van der Waals surface area contributed by atoms with Gasteiger partial charge in [-0.15, -0.1) is 11.3 Å². The summed E-state index contributed by atoms with van der Waals surface area (Å²) in [5, 5.41) is 12.0. The number of thiophene rings is 1. The summed E-state index contributed by atoms with van der Waals surface area (Å²) in [6, 6.07) is 42.9. The van der Waals surface area contributed by atoms with Crippen LogP contribution < -0.4 is 0 Å². The molecule has 0 atom stereocenters. The third-order valence-corrected chi connectivity index (χ3v) is 7.86. The van der Waals surface area contributed by atoms with E-state index in [-0.39, 0.29) is 0 Å². The van der Waals surface area contributed by atoms with Gasteiger partial charge in [0.15, 0.2) is 17.5 Å². The van der Waals surface area contributed by atoms with Crippen LogP contribution in [0.25, 0.3) is 65.5 Å². The third-order valence-electron chi connectivity index (χ3n) is 6.74. The highest BCUT2D eigenvalue weighted by Crippen LogP contribution is 2.42. The SMILES string of the molecule is N#Cc1cccc(-c2nc(-c3ccccc3)nc(-c3cc(-c4ccccc4)c4c(c3)sc3ccccc34)n2)c1. The van der Waals surface area contributed by atoms with Crippen LogP contribution in [0.15, 0.2) is 121 Å². The van der Waals surface area contributed by atoms with E-state index >= 15 is 0 Å². The average Bonchev–Trinajstić information content (AvgIpc) is 3.40. The summed E-state index contributed by atoms with van der Waals surface area (Å²) in [7, 11) is 0. The Bertz CT molecular complexity index is 2020. The number of fused-ring (bicyclic) bond motifs is 3. The molecule has 0 radical (unpaired) electrons. The van der Waals surface area contributed by atoms with Crippen molar-refractivity contribution in [1.29, 1.82) is 5.26 Å². The van der Waals surface area contributed by atoms with E-state index in [2.05, 4.69) is 66.7 Å². The minimum Gasteiger partial charge on any atom is -0.208 e. The van der Waals surface area contributed by atoms with Crippen molar-refractivity contribution in [2.45, 2.75) is 0 Å². The molecule has 0 N–H and O–H groups in total. The Morgan fingerprint density at radius 3 is 1.87 bits per heavy atom. The van der Waals surface area contributed by atoms with Crippen LogP contribution in [0.2, 0.25) is 0 Å². The van der Waals surface area contributed by atoms with Crippen molar-refractivity contribution in [3.8, 4) is 51.4 Å². The molecular formula is C34H20N4S. The number of rotatable bonds is 4. The minimum atomic E-state index is 0.536. The van der Waals surface area contributed by atoms with E-state index in [1.165, 1.54) is 20.2 Å². The van der Waals surface area contributed by atoms with Crippen LogP contribution in [-0.2, 0) is 0 Å². The zero-order valence-corrected chi connectivity index (χ0v) is 21.6. The van der Waals surface area contributed by atoms with Crippen LogP contribution in [0.4, 0.5) is 0 Å². The molecule has 39 heavy (non-hydrogen) atoms. The number of nitriles is 1. The van der Waals surface area contributed by atoms with Gasteiger partial charge in [0.1, 0.15) is 0 Å². The van der Waals surface area contributed by atoms with Gasteiger partial charge in [-0.25, -0.2) is 15.0 Å². The second kappa shape index (κ2) is 9.60. The Kier molecular flexibility index (Phi) is 5.66. The highest BCUT2D eigenvalue weighted by Gasteiger charge is 2.17. The topological polar surface area (TPSA) is 62.5 Å². The van der Waals surface area contributed by atoms with E-state index in [0.29, 0.717) is 23.0 Å². The van der Waals surface area contributed by atoms with Gasteiger partial charge in [-0.3, -0.25) is 0 Å².